The van der Waals surface area contributed by atoms with Crippen molar-refractivity contribution >= 4 is 6.03 Å². The standard InChI is InChI=1S/C20H29N5O2/c1-23(2)13-18-14-24(10-11-27-16-18)20(26)21-9-8-17-12-22-25(15-17)19-6-4-3-5-7-19/h3-7,12,15,18H,8-11,13-14,16H2,1-2H3,(H,21,26)/t18-/m0/s1. The maximum atomic E-state index is 12.5. The van der Waals surface area contributed by atoms with Crippen LogP contribution >= 0.6 is 0 Å². The minimum absolute atomic E-state index is 0.0142. The van der Waals surface area contributed by atoms with E-state index in [2.05, 4.69) is 15.3 Å². The summed E-state index contributed by atoms with van der Waals surface area (Å²) < 4.78 is 7.50. The molecule has 1 aliphatic heterocycles. The van der Waals surface area contributed by atoms with Crippen molar-refractivity contribution in [1.82, 2.24) is 24.9 Å². The van der Waals surface area contributed by atoms with Crippen LogP contribution in [0, 0.1) is 5.92 Å². The second kappa shape index (κ2) is 9.53. The van der Waals surface area contributed by atoms with Crippen molar-refractivity contribution < 1.29 is 9.53 Å². The van der Waals surface area contributed by atoms with E-state index >= 15 is 0 Å². The molecule has 27 heavy (non-hydrogen) atoms. The number of ether oxygens (including phenoxy) is 1. The molecule has 0 saturated carbocycles. The lowest BCUT2D eigenvalue weighted by Crippen LogP contribution is -2.44. The van der Waals surface area contributed by atoms with Gasteiger partial charge in [0.2, 0.25) is 0 Å². The quantitative estimate of drug-likeness (QED) is 0.838. The molecule has 0 aliphatic carbocycles. The number of aromatic nitrogens is 2. The van der Waals surface area contributed by atoms with Gasteiger partial charge in [0.1, 0.15) is 0 Å². The van der Waals surface area contributed by atoms with Gasteiger partial charge >= 0.3 is 6.03 Å². The summed E-state index contributed by atoms with van der Waals surface area (Å²) in [5.41, 5.74) is 2.13. The Kier molecular flexibility index (Phi) is 6.84. The van der Waals surface area contributed by atoms with Gasteiger partial charge in [-0.25, -0.2) is 9.48 Å². The second-order valence-electron chi connectivity index (χ2n) is 7.26. The molecule has 1 aliphatic rings. The van der Waals surface area contributed by atoms with E-state index in [0.29, 0.717) is 32.2 Å². The van der Waals surface area contributed by atoms with Gasteiger partial charge in [-0.05, 0) is 38.2 Å². The summed E-state index contributed by atoms with van der Waals surface area (Å²) in [4.78, 5) is 16.5. The highest BCUT2D eigenvalue weighted by Gasteiger charge is 2.22. The zero-order valence-electron chi connectivity index (χ0n) is 16.2. The lowest BCUT2D eigenvalue weighted by molar-refractivity contribution is 0.112. The van der Waals surface area contributed by atoms with Gasteiger partial charge in [-0.2, -0.15) is 5.10 Å². The van der Waals surface area contributed by atoms with Crippen LogP contribution in [0.5, 0.6) is 0 Å². The van der Waals surface area contributed by atoms with Crippen molar-refractivity contribution in [3.05, 3.63) is 48.3 Å². The number of rotatable bonds is 6. The molecule has 2 amide bonds. The van der Waals surface area contributed by atoms with Gasteiger partial charge in [-0.3, -0.25) is 0 Å². The van der Waals surface area contributed by atoms with E-state index < -0.39 is 0 Å². The largest absolute Gasteiger partial charge is 0.379 e. The molecular formula is C20H29N5O2. The first-order valence-corrected chi connectivity index (χ1v) is 9.46. The molecular weight excluding hydrogens is 342 g/mol. The predicted octanol–water partition coefficient (Wildman–Crippen LogP) is 1.63. The van der Waals surface area contributed by atoms with E-state index in [-0.39, 0.29) is 6.03 Å². The summed E-state index contributed by atoms with van der Waals surface area (Å²) in [6, 6.07) is 9.99. The topological polar surface area (TPSA) is 62.6 Å². The Hall–Kier alpha value is -2.38. The summed E-state index contributed by atoms with van der Waals surface area (Å²) in [5, 5.41) is 7.43. The molecule has 0 bridgehead atoms. The molecule has 1 fully saturated rings. The van der Waals surface area contributed by atoms with Gasteiger partial charge in [-0.1, -0.05) is 18.2 Å². The lowest BCUT2D eigenvalue weighted by atomic mass is 10.1. The molecule has 0 spiro atoms. The Balaban J connectivity index is 1.47. The molecule has 1 N–H and O–H groups in total. The molecule has 0 radical (unpaired) electrons. The molecule has 2 aromatic rings. The molecule has 3 rings (SSSR count). The Morgan fingerprint density at radius 3 is 2.93 bits per heavy atom. The minimum Gasteiger partial charge on any atom is -0.379 e. The molecule has 1 atom stereocenters. The van der Waals surface area contributed by atoms with Crippen LogP contribution in [0.2, 0.25) is 0 Å². The average molecular weight is 371 g/mol. The zero-order valence-corrected chi connectivity index (χ0v) is 16.2. The van der Waals surface area contributed by atoms with E-state index in [1.165, 1.54) is 0 Å². The molecule has 7 heteroatoms. The highest BCUT2D eigenvalue weighted by molar-refractivity contribution is 5.74. The number of carbonyl (C=O) groups excluding carboxylic acids is 1. The van der Waals surface area contributed by atoms with Crippen molar-refractivity contribution in [2.75, 3.05) is 53.5 Å². The van der Waals surface area contributed by atoms with Crippen LogP contribution in [0.1, 0.15) is 5.56 Å². The van der Waals surface area contributed by atoms with Crippen LogP contribution in [-0.4, -0.2) is 79.1 Å². The van der Waals surface area contributed by atoms with Crippen LogP contribution in [0.25, 0.3) is 5.69 Å². The number of nitrogens with one attached hydrogen (secondary N) is 1. The van der Waals surface area contributed by atoms with Crippen LogP contribution in [0.4, 0.5) is 4.79 Å². The highest BCUT2D eigenvalue weighted by atomic mass is 16.5. The van der Waals surface area contributed by atoms with Gasteiger partial charge < -0.3 is 19.9 Å². The third-order valence-electron chi connectivity index (χ3n) is 4.59. The van der Waals surface area contributed by atoms with E-state index in [0.717, 1.165) is 30.8 Å². The Morgan fingerprint density at radius 2 is 2.15 bits per heavy atom. The van der Waals surface area contributed by atoms with E-state index in [1.807, 2.05) is 66.4 Å². The monoisotopic (exact) mass is 371 g/mol. The van der Waals surface area contributed by atoms with Gasteiger partial charge in [0.25, 0.3) is 0 Å². The van der Waals surface area contributed by atoms with Gasteiger partial charge in [-0.15, -0.1) is 0 Å². The third-order valence-corrected chi connectivity index (χ3v) is 4.59. The number of benzene rings is 1. The number of hydrogen-bond acceptors (Lipinski definition) is 4. The first kappa shape index (κ1) is 19.4. The fraction of sp³-hybridized carbons (Fsp3) is 0.500. The summed E-state index contributed by atoms with van der Waals surface area (Å²) in [6.07, 6.45) is 4.62. The van der Waals surface area contributed by atoms with E-state index in [9.17, 15) is 4.79 Å². The van der Waals surface area contributed by atoms with Crippen LogP contribution in [0.15, 0.2) is 42.7 Å². The second-order valence-corrected chi connectivity index (χ2v) is 7.26. The van der Waals surface area contributed by atoms with Gasteiger partial charge in [0.15, 0.2) is 0 Å². The molecule has 1 aromatic heterocycles. The first-order chi connectivity index (χ1) is 13.1. The number of amides is 2. The molecule has 0 unspecified atom stereocenters. The van der Waals surface area contributed by atoms with Crippen LogP contribution in [0.3, 0.4) is 0 Å². The lowest BCUT2D eigenvalue weighted by Gasteiger charge is -2.25. The van der Waals surface area contributed by atoms with Crippen molar-refractivity contribution in [3.63, 3.8) is 0 Å². The zero-order chi connectivity index (χ0) is 19.1. The fourth-order valence-electron chi connectivity index (χ4n) is 3.33. The Morgan fingerprint density at radius 1 is 1.33 bits per heavy atom. The van der Waals surface area contributed by atoms with Crippen molar-refractivity contribution in [2.24, 2.45) is 5.92 Å². The maximum Gasteiger partial charge on any atom is 0.317 e. The summed E-state index contributed by atoms with van der Waals surface area (Å²) >= 11 is 0. The molecule has 1 aromatic carbocycles. The number of para-hydroxylation sites is 1. The molecule has 2 heterocycles. The SMILES string of the molecule is CN(C)C[C@@H]1COCCN(C(=O)NCCc2cnn(-c3ccccc3)c2)C1. The first-order valence-electron chi connectivity index (χ1n) is 9.46. The third kappa shape index (κ3) is 5.80. The van der Waals surface area contributed by atoms with Crippen molar-refractivity contribution in [2.45, 2.75) is 6.42 Å². The number of carbonyl (C=O) groups is 1. The number of urea groups is 1. The van der Waals surface area contributed by atoms with Gasteiger partial charge in [0.05, 0.1) is 25.1 Å². The van der Waals surface area contributed by atoms with Crippen molar-refractivity contribution in [3.8, 4) is 5.69 Å². The number of hydrogen-bond donors (Lipinski definition) is 1. The Bertz CT molecular complexity index is 716. The summed E-state index contributed by atoms with van der Waals surface area (Å²) in [5.74, 6) is 0.345. The summed E-state index contributed by atoms with van der Waals surface area (Å²) in [6.45, 7) is 4.19. The van der Waals surface area contributed by atoms with Gasteiger partial charge in [0, 0.05) is 38.3 Å². The predicted molar refractivity (Wildman–Crippen MR) is 105 cm³/mol. The van der Waals surface area contributed by atoms with Crippen molar-refractivity contribution in [1.29, 1.82) is 0 Å². The van der Waals surface area contributed by atoms with Crippen LogP contribution in [-0.2, 0) is 11.2 Å². The minimum atomic E-state index is -0.0142. The molecule has 7 nitrogen and oxygen atoms in total. The fourth-order valence-corrected chi connectivity index (χ4v) is 3.33. The number of nitrogens with zero attached hydrogens (tertiary/aromatic N) is 4. The molecule has 146 valence electrons. The Labute approximate surface area is 160 Å². The highest BCUT2D eigenvalue weighted by Crippen LogP contribution is 2.09. The smallest absolute Gasteiger partial charge is 0.317 e. The van der Waals surface area contributed by atoms with Crippen LogP contribution < -0.4 is 5.32 Å². The normalized spacial score (nSPS) is 17.7. The van der Waals surface area contributed by atoms with E-state index in [1.54, 1.807) is 0 Å². The maximum absolute atomic E-state index is 12.5. The average Bonchev–Trinajstić information content (AvgIpc) is 3.01. The molecule has 1 saturated heterocycles. The summed E-state index contributed by atoms with van der Waals surface area (Å²) in [7, 11) is 4.09. The van der Waals surface area contributed by atoms with E-state index in [4.69, 9.17) is 4.74 Å².